The first-order chi connectivity index (χ1) is 41.3. The van der Waals surface area contributed by atoms with Gasteiger partial charge in [-0.2, -0.15) is 0 Å². The highest BCUT2D eigenvalue weighted by atomic mass is 15.1. The van der Waals surface area contributed by atoms with Crippen molar-refractivity contribution in [3.05, 3.63) is 283 Å². The second-order valence-corrected chi connectivity index (χ2v) is 23.8. The minimum Gasteiger partial charge on any atom is -0.310 e. The summed E-state index contributed by atoms with van der Waals surface area (Å²) in [6, 6.07) is 98.2. The Labute approximate surface area is 493 Å². The SMILES string of the molecule is CCCCc1ccc(N(c2ccc(-c3ccccc3)cc2)c2ccc3c(c2)C(C)(C)c2cc4cc5c(cc4cc2-3)c2cc(-c3ccccc3)cc3c4ccc(N(c6ccc(CCCC)cc6)c6ccc(-c7ccccc7)cc6)cc4n5c32)cc1. The lowest BCUT2D eigenvalue weighted by Gasteiger charge is -2.28. The molecule has 15 rings (SSSR count). The van der Waals surface area contributed by atoms with E-state index in [1.807, 2.05) is 0 Å². The lowest BCUT2D eigenvalue weighted by Crippen LogP contribution is -2.16. The van der Waals surface area contributed by atoms with Crippen LogP contribution in [0.4, 0.5) is 34.1 Å². The van der Waals surface area contributed by atoms with E-state index in [-0.39, 0.29) is 5.41 Å². The molecular formula is C81H67N3. The number of nitrogens with zero attached hydrogens (tertiary/aromatic N) is 3. The average molecular weight is 1080 g/mol. The molecule has 0 saturated heterocycles. The van der Waals surface area contributed by atoms with Crippen molar-refractivity contribution < 1.29 is 0 Å². The molecule has 3 heteroatoms. The lowest BCUT2D eigenvalue weighted by molar-refractivity contribution is 0.661. The van der Waals surface area contributed by atoms with Gasteiger partial charge in [-0.15, -0.1) is 0 Å². The number of fused-ring (bicyclic) bond motifs is 10. The van der Waals surface area contributed by atoms with E-state index in [0.29, 0.717) is 0 Å². The third-order valence-corrected chi connectivity index (χ3v) is 18.2. The number of unbranched alkanes of at least 4 members (excludes halogenated alkanes) is 2. The summed E-state index contributed by atoms with van der Waals surface area (Å²) in [5, 5.41) is 7.58. The average Bonchev–Trinajstić information content (AvgIpc) is 1.68. The van der Waals surface area contributed by atoms with E-state index in [2.05, 4.69) is 303 Å². The maximum Gasteiger partial charge on any atom is 0.0620 e. The van der Waals surface area contributed by atoms with Crippen LogP contribution in [0, 0.1) is 0 Å². The molecule has 0 aliphatic heterocycles. The number of aromatic nitrogens is 1. The molecule has 0 unspecified atom stereocenters. The molecular weight excluding hydrogens is 1010 g/mol. The molecule has 2 aromatic heterocycles. The molecule has 84 heavy (non-hydrogen) atoms. The standard InChI is InChI=1S/C81H67N3/c1-5-7-18-54-26-34-64(35-27-54)82(66-38-30-59(31-39-66)56-20-12-9-13-21-56)68-42-44-70-72-46-62-47-73-75-49-61(58-24-16-11-17-25-58)48-74-71-45-43-69(53-79(71)84(80(74)75)78(73)51-63(62)50-76(72)81(3,4)77(70)52-68)83(65-36-28-55(29-37-65)19-8-6-2)67-40-32-60(33-41-67)57-22-14-10-15-23-57/h9-17,20-53H,5-8,18-19H2,1-4H3. The molecule has 406 valence electrons. The first kappa shape index (κ1) is 51.2. The summed E-state index contributed by atoms with van der Waals surface area (Å²) >= 11 is 0. The first-order valence-electron chi connectivity index (χ1n) is 30.3. The van der Waals surface area contributed by atoms with E-state index in [1.165, 1.54) is 141 Å². The van der Waals surface area contributed by atoms with E-state index >= 15 is 0 Å². The molecule has 0 bridgehead atoms. The Kier molecular flexibility index (Phi) is 12.8. The van der Waals surface area contributed by atoms with E-state index < -0.39 is 0 Å². The number of benzene rings is 12. The van der Waals surface area contributed by atoms with Gasteiger partial charge in [-0.1, -0.05) is 192 Å². The van der Waals surface area contributed by atoms with Crippen molar-refractivity contribution in [1.29, 1.82) is 0 Å². The van der Waals surface area contributed by atoms with E-state index in [4.69, 9.17) is 0 Å². The van der Waals surface area contributed by atoms with Crippen LogP contribution in [0.5, 0.6) is 0 Å². The molecule has 0 fully saturated rings. The van der Waals surface area contributed by atoms with Crippen LogP contribution >= 0.6 is 0 Å². The van der Waals surface area contributed by atoms with Crippen molar-refractivity contribution >= 4 is 83.0 Å². The first-order valence-corrected chi connectivity index (χ1v) is 30.3. The number of rotatable bonds is 15. The van der Waals surface area contributed by atoms with Crippen LogP contribution in [0.1, 0.15) is 75.6 Å². The Bertz CT molecular complexity index is 4710. The summed E-state index contributed by atoms with van der Waals surface area (Å²) in [7, 11) is 0. The lowest BCUT2D eigenvalue weighted by atomic mass is 9.81. The molecule has 1 aliphatic rings. The fourth-order valence-electron chi connectivity index (χ4n) is 13.7. The number of hydrogen-bond acceptors (Lipinski definition) is 2. The van der Waals surface area contributed by atoms with Gasteiger partial charge < -0.3 is 14.2 Å². The fraction of sp³-hybridized carbons (Fsp3) is 0.136. The van der Waals surface area contributed by atoms with Gasteiger partial charge in [-0.05, 0) is 212 Å². The van der Waals surface area contributed by atoms with Gasteiger partial charge >= 0.3 is 0 Å². The largest absolute Gasteiger partial charge is 0.310 e. The highest BCUT2D eigenvalue weighted by Gasteiger charge is 2.37. The summed E-state index contributed by atoms with van der Waals surface area (Å²) in [4.78, 5) is 4.88. The third kappa shape index (κ3) is 8.81. The van der Waals surface area contributed by atoms with Gasteiger partial charge in [0.25, 0.3) is 0 Å². The van der Waals surface area contributed by atoms with Gasteiger partial charge in [0.05, 0.1) is 16.6 Å². The Morgan fingerprint density at radius 2 is 0.738 bits per heavy atom. The van der Waals surface area contributed by atoms with Crippen LogP contribution in [0.2, 0.25) is 0 Å². The maximum absolute atomic E-state index is 2.58. The predicted molar refractivity (Wildman–Crippen MR) is 359 cm³/mol. The maximum atomic E-state index is 2.58. The van der Waals surface area contributed by atoms with Crippen LogP contribution in [0.15, 0.2) is 261 Å². The van der Waals surface area contributed by atoms with Crippen LogP contribution in [0.3, 0.4) is 0 Å². The second kappa shape index (κ2) is 20.9. The summed E-state index contributed by atoms with van der Waals surface area (Å²) in [6.45, 7) is 9.38. The predicted octanol–water partition coefficient (Wildman–Crippen LogP) is 22.9. The number of hydrogen-bond donors (Lipinski definition) is 0. The van der Waals surface area contributed by atoms with E-state index in [0.717, 1.165) is 47.0 Å². The van der Waals surface area contributed by atoms with Crippen molar-refractivity contribution in [2.24, 2.45) is 0 Å². The molecule has 0 saturated carbocycles. The molecule has 0 N–H and O–H groups in total. The zero-order valence-corrected chi connectivity index (χ0v) is 48.4. The van der Waals surface area contributed by atoms with Crippen molar-refractivity contribution in [2.45, 2.75) is 71.6 Å². The summed E-state index contributed by atoms with van der Waals surface area (Å²) in [6.07, 6.45) is 6.93. The van der Waals surface area contributed by atoms with Gasteiger partial charge in [0.2, 0.25) is 0 Å². The number of aryl methyl sites for hydroxylation is 2. The Morgan fingerprint density at radius 1 is 0.321 bits per heavy atom. The van der Waals surface area contributed by atoms with Crippen molar-refractivity contribution in [3.8, 4) is 44.5 Å². The van der Waals surface area contributed by atoms with Crippen LogP contribution in [-0.2, 0) is 18.3 Å². The Balaban J connectivity index is 0.879. The summed E-state index contributed by atoms with van der Waals surface area (Å²) in [5.41, 5.74) is 25.7. The van der Waals surface area contributed by atoms with Crippen molar-refractivity contribution in [1.82, 2.24) is 4.40 Å². The van der Waals surface area contributed by atoms with Gasteiger partial charge in [0.15, 0.2) is 0 Å². The minimum atomic E-state index is -0.256. The molecule has 0 spiro atoms. The van der Waals surface area contributed by atoms with Crippen LogP contribution in [0.25, 0.3) is 93.4 Å². The minimum absolute atomic E-state index is 0.256. The molecule has 12 aromatic carbocycles. The van der Waals surface area contributed by atoms with Crippen molar-refractivity contribution in [2.75, 3.05) is 9.80 Å². The molecule has 0 atom stereocenters. The summed E-state index contributed by atoms with van der Waals surface area (Å²) < 4.78 is 2.58. The molecule has 0 amide bonds. The smallest absolute Gasteiger partial charge is 0.0620 e. The number of anilines is 6. The molecule has 2 heterocycles. The van der Waals surface area contributed by atoms with Crippen LogP contribution in [-0.4, -0.2) is 4.40 Å². The normalized spacial score (nSPS) is 12.7. The highest BCUT2D eigenvalue weighted by Crippen LogP contribution is 2.53. The molecule has 3 nitrogen and oxygen atoms in total. The molecule has 14 aromatic rings. The zero-order chi connectivity index (χ0) is 56.5. The van der Waals surface area contributed by atoms with Gasteiger partial charge in [-0.3, -0.25) is 0 Å². The highest BCUT2D eigenvalue weighted by molar-refractivity contribution is 6.26. The Hall–Kier alpha value is -9.70. The van der Waals surface area contributed by atoms with E-state index in [1.54, 1.807) is 0 Å². The quantitative estimate of drug-likeness (QED) is 0.101. The topological polar surface area (TPSA) is 10.9 Å². The van der Waals surface area contributed by atoms with Gasteiger partial charge in [-0.25, -0.2) is 0 Å². The molecule has 1 aliphatic carbocycles. The van der Waals surface area contributed by atoms with Gasteiger partial charge in [0.1, 0.15) is 0 Å². The van der Waals surface area contributed by atoms with E-state index in [9.17, 15) is 0 Å². The monoisotopic (exact) mass is 1080 g/mol. The zero-order valence-electron chi connectivity index (χ0n) is 48.4. The molecule has 0 radical (unpaired) electrons. The van der Waals surface area contributed by atoms with Gasteiger partial charge in [0, 0.05) is 61.1 Å². The van der Waals surface area contributed by atoms with Crippen molar-refractivity contribution in [3.63, 3.8) is 0 Å². The third-order valence-electron chi connectivity index (χ3n) is 18.2. The summed E-state index contributed by atoms with van der Waals surface area (Å²) in [5.74, 6) is 0. The fourth-order valence-corrected chi connectivity index (χ4v) is 13.7. The van der Waals surface area contributed by atoms with Crippen LogP contribution < -0.4 is 9.80 Å². The Morgan fingerprint density at radius 3 is 1.26 bits per heavy atom. The second-order valence-electron chi connectivity index (χ2n) is 23.8.